The molecule has 3 rings (SSSR count). The van der Waals surface area contributed by atoms with E-state index < -0.39 is 17.8 Å². The summed E-state index contributed by atoms with van der Waals surface area (Å²) in [6, 6.07) is 10.3. The Labute approximate surface area is 159 Å². The highest BCUT2D eigenvalue weighted by atomic mass is 79.9. The number of hydrogen-bond acceptors (Lipinski definition) is 3. The van der Waals surface area contributed by atoms with E-state index in [1.807, 2.05) is 45.0 Å². The quantitative estimate of drug-likeness (QED) is 0.597. The molecule has 0 aromatic heterocycles. The van der Waals surface area contributed by atoms with Crippen LogP contribution in [0.2, 0.25) is 0 Å². The number of nitrogens with one attached hydrogen (secondary N) is 1. The van der Waals surface area contributed by atoms with E-state index in [0.717, 1.165) is 26.1 Å². The molecule has 6 heteroatoms. The molecule has 1 fully saturated rings. The average molecular weight is 413 g/mol. The first kappa shape index (κ1) is 18.1. The van der Waals surface area contributed by atoms with Crippen LogP contribution >= 0.6 is 15.9 Å². The van der Waals surface area contributed by atoms with Crippen molar-refractivity contribution in [1.82, 2.24) is 5.32 Å². The minimum absolute atomic E-state index is 0.0775. The lowest BCUT2D eigenvalue weighted by Crippen LogP contribution is -2.54. The molecule has 26 heavy (non-hydrogen) atoms. The molecule has 1 N–H and O–H groups in total. The zero-order chi connectivity index (χ0) is 19.0. The van der Waals surface area contributed by atoms with Gasteiger partial charge in [0.2, 0.25) is 0 Å². The first-order valence-corrected chi connectivity index (χ1v) is 8.82. The van der Waals surface area contributed by atoms with Crippen LogP contribution in [0.15, 0.2) is 46.4 Å². The van der Waals surface area contributed by atoms with Gasteiger partial charge in [-0.1, -0.05) is 45.8 Å². The highest BCUT2D eigenvalue weighted by Gasteiger charge is 2.38. The van der Waals surface area contributed by atoms with Gasteiger partial charge >= 0.3 is 6.03 Å². The van der Waals surface area contributed by atoms with Crippen LogP contribution in [-0.2, 0) is 9.59 Å². The van der Waals surface area contributed by atoms with Crippen molar-refractivity contribution in [3.63, 3.8) is 0 Å². The summed E-state index contributed by atoms with van der Waals surface area (Å²) in [5, 5.41) is 2.26. The minimum atomic E-state index is -0.733. The molecule has 132 valence electrons. The topological polar surface area (TPSA) is 66.5 Å². The number of carbonyl (C=O) groups excluding carboxylic acids is 3. The van der Waals surface area contributed by atoms with Gasteiger partial charge in [0.05, 0.1) is 5.69 Å². The predicted molar refractivity (Wildman–Crippen MR) is 104 cm³/mol. The van der Waals surface area contributed by atoms with Crippen molar-refractivity contribution in [2.45, 2.75) is 20.8 Å². The number of imide groups is 2. The summed E-state index contributed by atoms with van der Waals surface area (Å²) in [6.45, 7) is 5.62. The lowest BCUT2D eigenvalue weighted by atomic mass is 10.0. The molecule has 1 heterocycles. The van der Waals surface area contributed by atoms with E-state index in [1.54, 1.807) is 12.1 Å². The largest absolute Gasteiger partial charge is 0.335 e. The van der Waals surface area contributed by atoms with Crippen molar-refractivity contribution in [2.75, 3.05) is 4.90 Å². The summed E-state index contributed by atoms with van der Waals surface area (Å²) in [7, 11) is 0. The zero-order valence-corrected chi connectivity index (χ0v) is 16.2. The van der Waals surface area contributed by atoms with E-state index in [4.69, 9.17) is 0 Å². The fourth-order valence-electron chi connectivity index (χ4n) is 3.11. The first-order chi connectivity index (χ1) is 12.3. The number of halogens is 1. The van der Waals surface area contributed by atoms with Gasteiger partial charge in [0.1, 0.15) is 5.57 Å². The lowest BCUT2D eigenvalue weighted by molar-refractivity contribution is -0.122. The number of anilines is 1. The summed E-state index contributed by atoms with van der Waals surface area (Å²) < 4.78 is 0.891. The van der Waals surface area contributed by atoms with Gasteiger partial charge in [-0.25, -0.2) is 9.69 Å². The van der Waals surface area contributed by atoms with Crippen molar-refractivity contribution in [1.29, 1.82) is 0 Å². The molecule has 2 aromatic rings. The number of hydrogen-bond donors (Lipinski definition) is 1. The maximum absolute atomic E-state index is 13.0. The maximum atomic E-state index is 13.0. The SMILES string of the molecule is Cc1cc(C)c(N2C(=O)NC(=O)/C(=C/c3ccc(Br)cc3)C2=O)c(C)c1. The van der Waals surface area contributed by atoms with Gasteiger partial charge in [-0.2, -0.15) is 0 Å². The summed E-state index contributed by atoms with van der Waals surface area (Å²) >= 11 is 3.34. The number of amides is 4. The van der Waals surface area contributed by atoms with Crippen molar-refractivity contribution in [3.8, 4) is 0 Å². The fraction of sp³-hybridized carbons (Fsp3) is 0.150. The Morgan fingerprint density at radius 3 is 2.12 bits per heavy atom. The highest BCUT2D eigenvalue weighted by molar-refractivity contribution is 9.10. The van der Waals surface area contributed by atoms with E-state index in [-0.39, 0.29) is 5.57 Å². The maximum Gasteiger partial charge on any atom is 0.335 e. The van der Waals surface area contributed by atoms with Gasteiger partial charge < -0.3 is 0 Å². The summed E-state index contributed by atoms with van der Waals surface area (Å²) in [4.78, 5) is 38.6. The Hall–Kier alpha value is -2.73. The number of aryl methyl sites for hydroxylation is 3. The average Bonchev–Trinajstić information content (AvgIpc) is 2.55. The molecule has 0 atom stereocenters. The van der Waals surface area contributed by atoms with Crippen molar-refractivity contribution >= 4 is 45.5 Å². The molecule has 4 amide bonds. The normalized spacial score (nSPS) is 16.2. The Bertz CT molecular complexity index is 939. The van der Waals surface area contributed by atoms with Gasteiger partial charge in [0.15, 0.2) is 0 Å². The molecule has 0 unspecified atom stereocenters. The Morgan fingerprint density at radius 1 is 0.962 bits per heavy atom. The second kappa shape index (κ2) is 6.88. The number of benzene rings is 2. The van der Waals surface area contributed by atoms with Crippen LogP contribution in [0.25, 0.3) is 6.08 Å². The molecule has 0 radical (unpaired) electrons. The van der Waals surface area contributed by atoms with E-state index in [0.29, 0.717) is 11.3 Å². The summed E-state index contributed by atoms with van der Waals surface area (Å²) in [5.74, 6) is -1.32. The molecular formula is C20H17BrN2O3. The Balaban J connectivity index is 2.08. The van der Waals surface area contributed by atoms with Crippen LogP contribution in [0.5, 0.6) is 0 Å². The van der Waals surface area contributed by atoms with Gasteiger partial charge in [0.25, 0.3) is 11.8 Å². The molecule has 5 nitrogen and oxygen atoms in total. The van der Waals surface area contributed by atoms with Crippen molar-refractivity contribution in [3.05, 3.63) is 68.7 Å². The molecule has 1 aliphatic heterocycles. The molecule has 0 spiro atoms. The molecule has 2 aromatic carbocycles. The number of carbonyl (C=O) groups is 3. The van der Waals surface area contributed by atoms with Gasteiger partial charge in [0, 0.05) is 4.47 Å². The second-order valence-electron chi connectivity index (χ2n) is 6.26. The third kappa shape index (κ3) is 3.32. The number of barbiturate groups is 1. The molecule has 1 aliphatic rings. The van der Waals surface area contributed by atoms with Crippen LogP contribution < -0.4 is 10.2 Å². The second-order valence-corrected chi connectivity index (χ2v) is 7.17. The molecule has 0 aliphatic carbocycles. The monoisotopic (exact) mass is 412 g/mol. The van der Waals surface area contributed by atoms with E-state index in [1.165, 1.54) is 6.08 Å². The molecule has 1 saturated heterocycles. The van der Waals surface area contributed by atoms with E-state index in [9.17, 15) is 14.4 Å². The Kier molecular flexibility index (Phi) is 4.78. The predicted octanol–water partition coefficient (Wildman–Crippen LogP) is 4.04. The van der Waals surface area contributed by atoms with E-state index >= 15 is 0 Å². The smallest absolute Gasteiger partial charge is 0.273 e. The summed E-state index contributed by atoms with van der Waals surface area (Å²) in [5.41, 5.74) is 3.75. The molecule has 0 bridgehead atoms. The molecule has 0 saturated carbocycles. The Morgan fingerprint density at radius 2 is 1.54 bits per heavy atom. The van der Waals surface area contributed by atoms with Crippen LogP contribution in [0, 0.1) is 20.8 Å². The van der Waals surface area contributed by atoms with E-state index in [2.05, 4.69) is 21.2 Å². The van der Waals surface area contributed by atoms with Crippen LogP contribution in [0.3, 0.4) is 0 Å². The van der Waals surface area contributed by atoms with Crippen LogP contribution in [0.1, 0.15) is 22.3 Å². The minimum Gasteiger partial charge on any atom is -0.273 e. The lowest BCUT2D eigenvalue weighted by Gasteiger charge is -2.29. The first-order valence-electron chi connectivity index (χ1n) is 8.03. The number of urea groups is 1. The fourth-order valence-corrected chi connectivity index (χ4v) is 3.38. The molecular weight excluding hydrogens is 396 g/mol. The zero-order valence-electron chi connectivity index (χ0n) is 14.6. The van der Waals surface area contributed by atoms with Crippen LogP contribution in [0.4, 0.5) is 10.5 Å². The summed E-state index contributed by atoms with van der Waals surface area (Å²) in [6.07, 6.45) is 1.49. The highest BCUT2D eigenvalue weighted by Crippen LogP contribution is 2.29. The number of rotatable bonds is 2. The standard InChI is InChI=1S/C20H17BrN2O3/c1-11-8-12(2)17(13(3)9-11)23-19(25)16(18(24)22-20(23)26)10-14-4-6-15(21)7-5-14/h4-10H,1-3H3,(H,22,24,26)/b16-10-. The third-order valence-electron chi connectivity index (χ3n) is 4.14. The van der Waals surface area contributed by atoms with Gasteiger partial charge in [-0.15, -0.1) is 0 Å². The number of nitrogens with zero attached hydrogens (tertiary/aromatic N) is 1. The van der Waals surface area contributed by atoms with Crippen molar-refractivity contribution < 1.29 is 14.4 Å². The van der Waals surface area contributed by atoms with Crippen LogP contribution in [-0.4, -0.2) is 17.8 Å². The van der Waals surface area contributed by atoms with Crippen molar-refractivity contribution in [2.24, 2.45) is 0 Å². The van der Waals surface area contributed by atoms with Gasteiger partial charge in [-0.05, 0) is 55.7 Å². The van der Waals surface area contributed by atoms with Gasteiger partial charge in [-0.3, -0.25) is 14.9 Å². The third-order valence-corrected chi connectivity index (χ3v) is 4.67.